The van der Waals surface area contributed by atoms with Crippen LogP contribution in [0.2, 0.25) is 0 Å². The summed E-state index contributed by atoms with van der Waals surface area (Å²) >= 11 is 0. The number of nitrogens with zero attached hydrogens (tertiary/aromatic N) is 1. The minimum atomic E-state index is -4.70. The van der Waals surface area contributed by atoms with Crippen molar-refractivity contribution >= 4 is 19.8 Å². The van der Waals surface area contributed by atoms with Crippen molar-refractivity contribution in [3.05, 3.63) is 48.6 Å². The maximum Gasteiger partial charge on any atom is 0.306 e. The molecule has 0 fully saturated rings. The van der Waals surface area contributed by atoms with Gasteiger partial charge in [-0.15, -0.1) is 0 Å². The van der Waals surface area contributed by atoms with Crippen LogP contribution in [0.15, 0.2) is 48.6 Å². The van der Waals surface area contributed by atoms with Crippen molar-refractivity contribution in [1.29, 1.82) is 0 Å². The zero-order valence-corrected chi connectivity index (χ0v) is 40.9. The molecule has 11 nitrogen and oxygen atoms in total. The molecule has 0 saturated carbocycles. The maximum atomic E-state index is 12.7. The molecule has 0 aromatic heterocycles. The van der Waals surface area contributed by atoms with E-state index < -0.39 is 44.7 Å². The quantitative estimate of drug-likeness (QED) is 0.0151. The zero-order chi connectivity index (χ0) is 46.0. The molecule has 0 aromatic carbocycles. The zero-order valence-electron chi connectivity index (χ0n) is 40.0. The summed E-state index contributed by atoms with van der Waals surface area (Å²) in [5.41, 5.74) is 0. The normalized spacial score (nSPS) is 14.9. The molecule has 0 spiro atoms. The molecule has 0 aliphatic rings. The average molecular weight is 898 g/mol. The predicted molar refractivity (Wildman–Crippen MR) is 252 cm³/mol. The maximum absolute atomic E-state index is 12.7. The van der Waals surface area contributed by atoms with Gasteiger partial charge in [0.15, 0.2) is 6.10 Å². The Bertz CT molecular complexity index is 1230. The second kappa shape index (κ2) is 41.6. The number of hydrogen-bond donors (Lipinski definition) is 2. The van der Waals surface area contributed by atoms with Gasteiger partial charge in [-0.3, -0.25) is 14.2 Å². The van der Waals surface area contributed by atoms with Crippen molar-refractivity contribution in [2.75, 3.05) is 47.5 Å². The van der Waals surface area contributed by atoms with Gasteiger partial charge in [0.05, 0.1) is 40.0 Å². The fraction of sp³-hybridized carbons (Fsp3) is 0.800. The van der Waals surface area contributed by atoms with Crippen molar-refractivity contribution in [2.45, 2.75) is 212 Å². The number of rotatable bonds is 44. The topological polar surface area (TPSA) is 152 Å². The highest BCUT2D eigenvalue weighted by atomic mass is 31.2. The highest BCUT2D eigenvalue weighted by Gasteiger charge is 2.22. The SMILES string of the molecule is CCCCC/C=C\C[C@H](O)/C=C/C=C/C=C\[C@H](O)CCCC(=O)O[C@H](COC(=O)CCCCCCCCCCCCCCCCCCCCC)COP(=O)([O-])OCC[N+](C)(C)C. The van der Waals surface area contributed by atoms with Crippen LogP contribution >= 0.6 is 7.82 Å². The molecule has 2 N–H and O–H groups in total. The molecule has 0 heterocycles. The third-order valence-electron chi connectivity index (χ3n) is 10.5. The number of ether oxygens (including phenoxy) is 2. The summed E-state index contributed by atoms with van der Waals surface area (Å²) in [7, 11) is 1.01. The number of carbonyl (C=O) groups excluding carboxylic acids is 2. The first kappa shape index (κ1) is 59.9. The molecule has 362 valence electrons. The summed E-state index contributed by atoms with van der Waals surface area (Å²) in [4.78, 5) is 37.7. The van der Waals surface area contributed by atoms with Crippen LogP contribution in [0.25, 0.3) is 0 Å². The summed E-state index contributed by atoms with van der Waals surface area (Å²) < 4.78 is 33.8. The third-order valence-corrected chi connectivity index (χ3v) is 11.5. The highest BCUT2D eigenvalue weighted by molar-refractivity contribution is 7.45. The lowest BCUT2D eigenvalue weighted by molar-refractivity contribution is -0.870. The molecule has 0 rings (SSSR count). The Morgan fingerprint density at radius 3 is 1.61 bits per heavy atom. The van der Waals surface area contributed by atoms with Crippen LogP contribution in [-0.2, 0) is 32.7 Å². The largest absolute Gasteiger partial charge is 0.756 e. The van der Waals surface area contributed by atoms with Gasteiger partial charge in [-0.2, -0.15) is 0 Å². The summed E-state index contributed by atoms with van der Waals surface area (Å²) in [6, 6.07) is 0. The number of esters is 2. The predicted octanol–water partition coefficient (Wildman–Crippen LogP) is 11.6. The molecular formula is C50H92NO10P. The smallest absolute Gasteiger partial charge is 0.306 e. The Hall–Kier alpha value is -2.11. The summed E-state index contributed by atoms with van der Waals surface area (Å²) in [5.74, 6) is -1.07. The molecule has 0 aliphatic heterocycles. The van der Waals surface area contributed by atoms with Crippen molar-refractivity contribution < 1.29 is 52.3 Å². The summed E-state index contributed by atoms with van der Waals surface area (Å²) in [5, 5.41) is 20.4. The second-order valence-corrected chi connectivity index (χ2v) is 19.3. The molecule has 0 aromatic rings. The van der Waals surface area contributed by atoms with Gasteiger partial charge in [0.2, 0.25) is 0 Å². The van der Waals surface area contributed by atoms with E-state index in [1.165, 1.54) is 116 Å². The number of carbonyl (C=O) groups is 2. The first-order valence-electron chi connectivity index (χ1n) is 24.6. The van der Waals surface area contributed by atoms with E-state index in [1.54, 1.807) is 36.5 Å². The number of quaternary nitrogens is 1. The standard InChI is InChI=1S/C50H92NO10P/c1-6-8-10-12-14-15-16-17-18-19-20-21-22-23-24-25-26-28-34-40-49(54)58-44-48(45-60-62(56,57)59-43-42-51(3,4)5)61-50(55)41-35-39-47(53)38-33-30-29-32-37-46(52)36-31-27-13-11-9-7-2/h27,29-33,37-38,46-48,52-53H,6-26,28,34-36,39-45H2,1-5H3/b30-29+,31-27-,37-32+,38-33-/t46-,47-,48+/m0/s1. The fourth-order valence-electron chi connectivity index (χ4n) is 6.61. The number of aliphatic hydroxyl groups excluding tert-OH is 2. The van der Waals surface area contributed by atoms with E-state index in [2.05, 4.69) is 19.9 Å². The number of likely N-dealkylation sites (N-methyl/N-ethyl adjacent to an activating group) is 1. The number of allylic oxidation sites excluding steroid dienone is 5. The summed E-state index contributed by atoms with van der Waals surface area (Å²) in [6.45, 7) is 3.90. The van der Waals surface area contributed by atoms with E-state index >= 15 is 0 Å². The van der Waals surface area contributed by atoms with Crippen LogP contribution in [-0.4, -0.2) is 92.5 Å². The van der Waals surface area contributed by atoms with Gasteiger partial charge in [-0.05, 0) is 38.5 Å². The highest BCUT2D eigenvalue weighted by Crippen LogP contribution is 2.38. The van der Waals surface area contributed by atoms with Gasteiger partial charge in [0.25, 0.3) is 7.82 Å². The van der Waals surface area contributed by atoms with Crippen LogP contribution in [0.1, 0.15) is 194 Å². The lowest BCUT2D eigenvalue weighted by Crippen LogP contribution is -2.37. The van der Waals surface area contributed by atoms with Gasteiger partial charge in [0.1, 0.15) is 19.8 Å². The minimum Gasteiger partial charge on any atom is -0.756 e. The van der Waals surface area contributed by atoms with Crippen LogP contribution < -0.4 is 4.89 Å². The van der Waals surface area contributed by atoms with E-state index in [1.807, 2.05) is 27.2 Å². The van der Waals surface area contributed by atoms with E-state index in [-0.39, 0.29) is 26.1 Å². The van der Waals surface area contributed by atoms with Gasteiger partial charge in [-0.1, -0.05) is 191 Å². The molecule has 0 amide bonds. The van der Waals surface area contributed by atoms with Crippen molar-refractivity contribution in [1.82, 2.24) is 0 Å². The third kappa shape index (κ3) is 44.5. The lowest BCUT2D eigenvalue weighted by atomic mass is 10.0. The fourth-order valence-corrected chi connectivity index (χ4v) is 7.34. The minimum absolute atomic E-state index is 0.0345. The molecule has 0 aliphatic carbocycles. The first-order chi connectivity index (χ1) is 29.8. The first-order valence-corrected chi connectivity index (χ1v) is 26.0. The number of unbranched alkanes of at least 4 members (excludes halogenated alkanes) is 21. The second-order valence-electron chi connectivity index (χ2n) is 17.9. The van der Waals surface area contributed by atoms with Gasteiger partial charge in [-0.25, -0.2) is 0 Å². The lowest BCUT2D eigenvalue weighted by Gasteiger charge is -2.28. The molecular weight excluding hydrogens is 806 g/mol. The van der Waals surface area contributed by atoms with E-state index in [9.17, 15) is 29.3 Å². The Morgan fingerprint density at radius 1 is 0.597 bits per heavy atom. The number of aliphatic hydroxyl groups is 2. The molecule has 0 saturated heterocycles. The van der Waals surface area contributed by atoms with E-state index in [0.717, 1.165) is 25.7 Å². The van der Waals surface area contributed by atoms with Crippen LogP contribution in [0.5, 0.6) is 0 Å². The van der Waals surface area contributed by atoms with E-state index in [0.29, 0.717) is 36.7 Å². The Morgan fingerprint density at radius 2 is 1.08 bits per heavy atom. The Kier molecular flexibility index (Phi) is 40.2. The average Bonchev–Trinajstić information content (AvgIpc) is 3.21. The van der Waals surface area contributed by atoms with Crippen molar-refractivity contribution in [3.8, 4) is 0 Å². The molecule has 1 unspecified atom stereocenters. The van der Waals surface area contributed by atoms with Crippen molar-refractivity contribution in [3.63, 3.8) is 0 Å². The van der Waals surface area contributed by atoms with Crippen molar-refractivity contribution in [2.24, 2.45) is 0 Å². The number of phosphoric ester groups is 1. The van der Waals surface area contributed by atoms with Gasteiger partial charge < -0.3 is 38.1 Å². The molecule has 0 bridgehead atoms. The Labute approximate surface area is 379 Å². The molecule has 12 heteroatoms. The van der Waals surface area contributed by atoms with Gasteiger partial charge in [0, 0.05) is 12.8 Å². The molecule has 4 atom stereocenters. The van der Waals surface area contributed by atoms with Gasteiger partial charge >= 0.3 is 11.9 Å². The van der Waals surface area contributed by atoms with Crippen LogP contribution in [0.4, 0.5) is 0 Å². The number of hydrogen-bond acceptors (Lipinski definition) is 10. The van der Waals surface area contributed by atoms with Crippen LogP contribution in [0, 0.1) is 0 Å². The monoisotopic (exact) mass is 898 g/mol. The van der Waals surface area contributed by atoms with E-state index in [4.69, 9.17) is 18.5 Å². The number of phosphoric acid groups is 1. The molecule has 0 radical (unpaired) electrons. The van der Waals surface area contributed by atoms with Crippen LogP contribution in [0.3, 0.4) is 0 Å². The molecule has 62 heavy (non-hydrogen) atoms. The summed E-state index contributed by atoms with van der Waals surface area (Å²) in [6.07, 6.45) is 42.0. The Balaban J connectivity index is 4.50.